The molecule has 0 heteroatoms. The van der Waals surface area contributed by atoms with E-state index < -0.39 is 0 Å². The highest BCUT2D eigenvalue weighted by Crippen LogP contribution is 2.07. The number of unbranched alkanes of at least 4 members (excludes halogenated alkanes) is 3. The smallest absolute Gasteiger partial charge is 0.00588 e. The van der Waals surface area contributed by atoms with E-state index in [2.05, 4.69) is 32.6 Å². The zero-order valence-corrected chi connectivity index (χ0v) is 8.55. The Balaban J connectivity index is 3.39. The minimum absolute atomic E-state index is 0.589. The Morgan fingerprint density at radius 2 is 2.00 bits per heavy atom. The molecule has 12 heavy (non-hydrogen) atoms. The van der Waals surface area contributed by atoms with Gasteiger partial charge in [0.05, 0.1) is 0 Å². The Kier molecular flexibility index (Phi) is 8.20. The van der Waals surface area contributed by atoms with Gasteiger partial charge in [0.15, 0.2) is 0 Å². The maximum Gasteiger partial charge on any atom is -0.00588 e. The SMILES string of the molecule is C=CC(C=CCCCCC)CC. The Morgan fingerprint density at radius 3 is 2.50 bits per heavy atom. The Hall–Kier alpha value is -0.520. The van der Waals surface area contributed by atoms with Crippen molar-refractivity contribution >= 4 is 0 Å². The van der Waals surface area contributed by atoms with Gasteiger partial charge < -0.3 is 0 Å². The van der Waals surface area contributed by atoms with E-state index in [4.69, 9.17) is 0 Å². The van der Waals surface area contributed by atoms with Crippen molar-refractivity contribution in [3.05, 3.63) is 24.8 Å². The predicted octanol–water partition coefficient (Wildman–Crippen LogP) is 4.34. The largest absolute Gasteiger partial charge is 0.102 e. The summed E-state index contributed by atoms with van der Waals surface area (Å²) in [4.78, 5) is 0. The molecule has 1 atom stereocenters. The first kappa shape index (κ1) is 11.5. The van der Waals surface area contributed by atoms with Gasteiger partial charge in [0.1, 0.15) is 0 Å². The van der Waals surface area contributed by atoms with E-state index in [1.807, 2.05) is 6.08 Å². The summed E-state index contributed by atoms with van der Waals surface area (Å²) in [7, 11) is 0. The third-order valence-electron chi connectivity index (χ3n) is 2.13. The first-order valence-electron chi connectivity index (χ1n) is 5.14. The van der Waals surface area contributed by atoms with Gasteiger partial charge in [-0.05, 0) is 25.2 Å². The average molecular weight is 166 g/mol. The molecular formula is C12H22. The van der Waals surface area contributed by atoms with Crippen molar-refractivity contribution in [2.45, 2.75) is 46.0 Å². The molecule has 0 amide bonds. The van der Waals surface area contributed by atoms with E-state index in [1.165, 1.54) is 32.1 Å². The minimum Gasteiger partial charge on any atom is -0.102 e. The van der Waals surface area contributed by atoms with Crippen LogP contribution in [0.15, 0.2) is 24.8 Å². The van der Waals surface area contributed by atoms with Crippen LogP contribution in [0.1, 0.15) is 46.0 Å². The molecule has 0 fully saturated rings. The van der Waals surface area contributed by atoms with Crippen LogP contribution in [0.3, 0.4) is 0 Å². The van der Waals surface area contributed by atoms with Crippen molar-refractivity contribution < 1.29 is 0 Å². The van der Waals surface area contributed by atoms with E-state index >= 15 is 0 Å². The monoisotopic (exact) mass is 166 g/mol. The lowest BCUT2D eigenvalue weighted by Gasteiger charge is -2.00. The van der Waals surface area contributed by atoms with Gasteiger partial charge in [-0.25, -0.2) is 0 Å². The molecule has 0 rings (SSSR count). The molecule has 0 heterocycles. The van der Waals surface area contributed by atoms with Crippen molar-refractivity contribution in [2.24, 2.45) is 5.92 Å². The summed E-state index contributed by atoms with van der Waals surface area (Å²) in [5, 5.41) is 0. The second kappa shape index (κ2) is 8.58. The molecule has 0 N–H and O–H groups in total. The fourth-order valence-electron chi connectivity index (χ4n) is 1.16. The molecule has 1 unspecified atom stereocenters. The lowest BCUT2D eigenvalue weighted by molar-refractivity contribution is 0.719. The number of allylic oxidation sites excluding steroid dienone is 3. The second-order valence-corrected chi connectivity index (χ2v) is 3.23. The molecule has 0 aromatic carbocycles. The average Bonchev–Trinajstić information content (AvgIpc) is 2.11. The fourth-order valence-corrected chi connectivity index (χ4v) is 1.16. The maximum atomic E-state index is 3.80. The summed E-state index contributed by atoms with van der Waals surface area (Å²) in [6.07, 6.45) is 13.0. The minimum atomic E-state index is 0.589. The molecule has 0 aliphatic heterocycles. The topological polar surface area (TPSA) is 0 Å². The van der Waals surface area contributed by atoms with Gasteiger partial charge in [-0.15, -0.1) is 6.58 Å². The Morgan fingerprint density at radius 1 is 1.25 bits per heavy atom. The summed E-state index contributed by atoms with van der Waals surface area (Å²) < 4.78 is 0. The first-order chi connectivity index (χ1) is 5.85. The van der Waals surface area contributed by atoms with Gasteiger partial charge in [0, 0.05) is 0 Å². The van der Waals surface area contributed by atoms with Gasteiger partial charge in [-0.3, -0.25) is 0 Å². The molecule has 0 aromatic rings. The maximum absolute atomic E-state index is 3.80. The van der Waals surface area contributed by atoms with Crippen LogP contribution in [0, 0.1) is 5.92 Å². The first-order valence-corrected chi connectivity index (χ1v) is 5.14. The van der Waals surface area contributed by atoms with E-state index in [9.17, 15) is 0 Å². The van der Waals surface area contributed by atoms with Gasteiger partial charge in [-0.1, -0.05) is 44.9 Å². The van der Waals surface area contributed by atoms with Crippen LogP contribution in [0.2, 0.25) is 0 Å². The quantitative estimate of drug-likeness (QED) is 0.390. The van der Waals surface area contributed by atoms with Crippen LogP contribution < -0.4 is 0 Å². The van der Waals surface area contributed by atoms with E-state index in [-0.39, 0.29) is 0 Å². The third kappa shape index (κ3) is 6.21. The number of rotatable bonds is 7. The molecule has 0 radical (unpaired) electrons. The van der Waals surface area contributed by atoms with E-state index in [0.717, 1.165) is 0 Å². The lowest BCUT2D eigenvalue weighted by atomic mass is 10.1. The predicted molar refractivity (Wildman–Crippen MR) is 57.3 cm³/mol. The summed E-state index contributed by atoms with van der Waals surface area (Å²) in [5.41, 5.74) is 0. The van der Waals surface area contributed by atoms with Gasteiger partial charge >= 0.3 is 0 Å². The summed E-state index contributed by atoms with van der Waals surface area (Å²) in [6, 6.07) is 0. The Bertz CT molecular complexity index is 122. The summed E-state index contributed by atoms with van der Waals surface area (Å²) in [6.45, 7) is 8.23. The summed E-state index contributed by atoms with van der Waals surface area (Å²) in [5.74, 6) is 0.589. The van der Waals surface area contributed by atoms with Crippen LogP contribution in [-0.4, -0.2) is 0 Å². The highest BCUT2D eigenvalue weighted by Gasteiger charge is 1.92. The van der Waals surface area contributed by atoms with Gasteiger partial charge in [-0.2, -0.15) is 0 Å². The van der Waals surface area contributed by atoms with Crippen LogP contribution in [0.25, 0.3) is 0 Å². The third-order valence-corrected chi connectivity index (χ3v) is 2.13. The normalized spacial score (nSPS) is 13.5. The standard InChI is InChI=1S/C12H22/c1-4-7-8-9-10-11-12(5-2)6-3/h5,10-12H,2,4,6-9H2,1,3H3. The van der Waals surface area contributed by atoms with Gasteiger partial charge in [0.2, 0.25) is 0 Å². The molecule has 0 saturated carbocycles. The van der Waals surface area contributed by atoms with Crippen LogP contribution >= 0.6 is 0 Å². The van der Waals surface area contributed by atoms with Gasteiger partial charge in [0.25, 0.3) is 0 Å². The zero-order valence-electron chi connectivity index (χ0n) is 8.55. The van der Waals surface area contributed by atoms with Crippen LogP contribution in [0.5, 0.6) is 0 Å². The summed E-state index contributed by atoms with van der Waals surface area (Å²) >= 11 is 0. The lowest BCUT2D eigenvalue weighted by Crippen LogP contribution is -1.86. The number of hydrogen-bond donors (Lipinski definition) is 0. The van der Waals surface area contributed by atoms with Crippen molar-refractivity contribution in [3.8, 4) is 0 Å². The van der Waals surface area contributed by atoms with Crippen molar-refractivity contribution in [1.82, 2.24) is 0 Å². The molecule has 0 aliphatic carbocycles. The van der Waals surface area contributed by atoms with Crippen LogP contribution in [0.4, 0.5) is 0 Å². The van der Waals surface area contributed by atoms with Crippen molar-refractivity contribution in [1.29, 1.82) is 0 Å². The highest BCUT2D eigenvalue weighted by molar-refractivity contribution is 4.96. The van der Waals surface area contributed by atoms with Crippen molar-refractivity contribution in [3.63, 3.8) is 0 Å². The second-order valence-electron chi connectivity index (χ2n) is 3.23. The molecule has 0 bridgehead atoms. The zero-order chi connectivity index (χ0) is 9.23. The van der Waals surface area contributed by atoms with E-state index in [0.29, 0.717) is 5.92 Å². The molecule has 0 saturated heterocycles. The molecular weight excluding hydrogens is 144 g/mol. The molecule has 70 valence electrons. The molecule has 0 aliphatic rings. The van der Waals surface area contributed by atoms with E-state index in [1.54, 1.807) is 0 Å². The number of hydrogen-bond acceptors (Lipinski definition) is 0. The van der Waals surface area contributed by atoms with Crippen molar-refractivity contribution in [2.75, 3.05) is 0 Å². The molecule has 0 spiro atoms. The van der Waals surface area contributed by atoms with Crippen LogP contribution in [-0.2, 0) is 0 Å². The molecule has 0 aromatic heterocycles. The Labute approximate surface area is 77.4 Å². The highest BCUT2D eigenvalue weighted by atomic mass is 14.0. The molecule has 0 nitrogen and oxygen atoms in total. The fraction of sp³-hybridized carbons (Fsp3) is 0.667.